The van der Waals surface area contributed by atoms with Gasteiger partial charge < -0.3 is 15.4 Å². The van der Waals surface area contributed by atoms with Crippen molar-refractivity contribution in [3.05, 3.63) is 78.5 Å². The van der Waals surface area contributed by atoms with Crippen molar-refractivity contribution in [2.75, 3.05) is 26.2 Å². The summed E-state index contributed by atoms with van der Waals surface area (Å²) in [5.41, 5.74) is 4.89. The van der Waals surface area contributed by atoms with Gasteiger partial charge in [0.05, 0.1) is 0 Å². The van der Waals surface area contributed by atoms with Crippen LogP contribution in [0, 0.1) is 0 Å². The van der Waals surface area contributed by atoms with Crippen LogP contribution in [0.25, 0.3) is 16.6 Å². The third kappa shape index (κ3) is 4.85. The van der Waals surface area contributed by atoms with Crippen LogP contribution in [0.3, 0.4) is 0 Å². The highest BCUT2D eigenvalue weighted by Crippen LogP contribution is 2.29. The van der Waals surface area contributed by atoms with Gasteiger partial charge in [-0.2, -0.15) is 0 Å². The van der Waals surface area contributed by atoms with E-state index in [4.69, 9.17) is 0 Å². The zero-order chi connectivity index (χ0) is 22.5. The molecule has 33 heavy (non-hydrogen) atoms. The molecule has 1 saturated heterocycles. The number of hydrogen-bond acceptors (Lipinski definition) is 5. The second-order valence-corrected chi connectivity index (χ2v) is 8.84. The van der Waals surface area contributed by atoms with E-state index in [0.29, 0.717) is 6.04 Å². The first-order chi connectivity index (χ1) is 16.3. The van der Waals surface area contributed by atoms with Crippen molar-refractivity contribution in [2.24, 2.45) is 0 Å². The SMILES string of the molecule is OCCC(c1ccccc1)N1CCNCC1CCCc1c[nH]c2ccc(-n3cnnc3)cc12. The normalized spacial score (nSPS) is 18.0. The summed E-state index contributed by atoms with van der Waals surface area (Å²) in [6.45, 7) is 3.22. The molecule has 0 saturated carbocycles. The zero-order valence-electron chi connectivity index (χ0n) is 18.9. The molecule has 0 aliphatic carbocycles. The highest BCUT2D eigenvalue weighted by molar-refractivity contribution is 5.85. The van der Waals surface area contributed by atoms with Gasteiger partial charge in [-0.05, 0) is 55.0 Å². The van der Waals surface area contributed by atoms with Crippen LogP contribution in [0.2, 0.25) is 0 Å². The fourth-order valence-electron chi connectivity index (χ4n) is 5.17. The first kappa shape index (κ1) is 21.8. The maximum Gasteiger partial charge on any atom is 0.123 e. The number of aromatic amines is 1. The number of nitrogens with one attached hydrogen (secondary N) is 2. The number of hydrogen-bond donors (Lipinski definition) is 3. The first-order valence-corrected chi connectivity index (χ1v) is 11.9. The number of nitrogens with zero attached hydrogens (tertiary/aromatic N) is 4. The van der Waals surface area contributed by atoms with Crippen molar-refractivity contribution in [3.8, 4) is 5.69 Å². The maximum absolute atomic E-state index is 9.75. The average Bonchev–Trinajstić information content (AvgIpc) is 3.54. The van der Waals surface area contributed by atoms with Crippen molar-refractivity contribution in [1.82, 2.24) is 30.0 Å². The van der Waals surface area contributed by atoms with Gasteiger partial charge in [0.15, 0.2) is 0 Å². The lowest BCUT2D eigenvalue weighted by atomic mass is 9.96. The van der Waals surface area contributed by atoms with Crippen molar-refractivity contribution >= 4 is 10.9 Å². The van der Waals surface area contributed by atoms with Gasteiger partial charge in [0, 0.05) is 61.1 Å². The lowest BCUT2D eigenvalue weighted by molar-refractivity contribution is 0.0808. The summed E-state index contributed by atoms with van der Waals surface area (Å²) in [7, 11) is 0. The fraction of sp³-hybridized carbons (Fsp3) is 0.385. The predicted octanol–water partition coefficient (Wildman–Crippen LogP) is 3.47. The van der Waals surface area contributed by atoms with Crippen molar-refractivity contribution in [2.45, 2.75) is 37.8 Å². The van der Waals surface area contributed by atoms with Crippen LogP contribution in [0.1, 0.15) is 36.4 Å². The number of H-pyrrole nitrogens is 1. The zero-order valence-corrected chi connectivity index (χ0v) is 18.9. The van der Waals surface area contributed by atoms with Crippen molar-refractivity contribution < 1.29 is 5.11 Å². The van der Waals surface area contributed by atoms with Crippen LogP contribution < -0.4 is 5.32 Å². The minimum absolute atomic E-state index is 0.209. The molecular formula is C26H32N6O. The second-order valence-electron chi connectivity index (χ2n) is 8.84. The quantitative estimate of drug-likeness (QED) is 0.368. The molecule has 1 aliphatic rings. The lowest BCUT2D eigenvalue weighted by Crippen LogP contribution is -2.52. The molecule has 0 radical (unpaired) electrons. The van der Waals surface area contributed by atoms with Gasteiger partial charge in [0.25, 0.3) is 0 Å². The molecule has 2 aromatic carbocycles. The van der Waals surface area contributed by atoms with E-state index < -0.39 is 0 Å². The minimum atomic E-state index is 0.209. The number of aliphatic hydroxyl groups is 1. The van der Waals surface area contributed by atoms with E-state index in [1.165, 1.54) is 16.5 Å². The largest absolute Gasteiger partial charge is 0.396 e. The highest BCUT2D eigenvalue weighted by Gasteiger charge is 2.29. The number of rotatable bonds is 9. The molecule has 4 aromatic rings. The Balaban J connectivity index is 1.28. The molecule has 1 fully saturated rings. The van der Waals surface area contributed by atoms with Gasteiger partial charge >= 0.3 is 0 Å². The molecule has 172 valence electrons. The fourth-order valence-corrected chi connectivity index (χ4v) is 5.17. The van der Waals surface area contributed by atoms with Gasteiger partial charge in [0.1, 0.15) is 12.7 Å². The molecule has 0 bridgehead atoms. The van der Waals surface area contributed by atoms with E-state index in [1.54, 1.807) is 12.7 Å². The topological polar surface area (TPSA) is 82.0 Å². The molecule has 3 heterocycles. The predicted molar refractivity (Wildman–Crippen MR) is 130 cm³/mol. The summed E-state index contributed by atoms with van der Waals surface area (Å²) >= 11 is 0. The Bertz CT molecular complexity index is 1140. The summed E-state index contributed by atoms with van der Waals surface area (Å²) in [6, 6.07) is 17.8. The monoisotopic (exact) mass is 444 g/mol. The number of benzene rings is 2. The molecule has 7 nitrogen and oxygen atoms in total. The van der Waals surface area contributed by atoms with E-state index in [9.17, 15) is 5.11 Å². The Morgan fingerprint density at radius 3 is 2.76 bits per heavy atom. The molecule has 0 amide bonds. The molecule has 2 unspecified atom stereocenters. The third-order valence-electron chi connectivity index (χ3n) is 6.83. The average molecular weight is 445 g/mol. The Morgan fingerprint density at radius 1 is 1.09 bits per heavy atom. The minimum Gasteiger partial charge on any atom is -0.396 e. The lowest BCUT2D eigenvalue weighted by Gasteiger charge is -2.42. The van der Waals surface area contributed by atoms with Crippen LogP contribution in [-0.2, 0) is 6.42 Å². The number of piperazine rings is 1. The first-order valence-electron chi connectivity index (χ1n) is 11.9. The Morgan fingerprint density at radius 2 is 1.94 bits per heavy atom. The summed E-state index contributed by atoms with van der Waals surface area (Å²) in [5, 5.41) is 22.5. The van der Waals surface area contributed by atoms with Crippen LogP contribution in [0.15, 0.2) is 67.4 Å². The molecule has 3 N–H and O–H groups in total. The second kappa shape index (κ2) is 10.3. The number of aliphatic hydroxyl groups excluding tert-OH is 1. The van der Waals surface area contributed by atoms with Crippen LogP contribution in [0.5, 0.6) is 0 Å². The van der Waals surface area contributed by atoms with Crippen molar-refractivity contribution in [3.63, 3.8) is 0 Å². The van der Waals surface area contributed by atoms with Gasteiger partial charge in [-0.15, -0.1) is 10.2 Å². The van der Waals surface area contributed by atoms with Gasteiger partial charge in [-0.25, -0.2) is 0 Å². The summed E-state index contributed by atoms with van der Waals surface area (Å²) < 4.78 is 1.94. The number of fused-ring (bicyclic) bond motifs is 1. The molecule has 1 aliphatic heterocycles. The Kier molecular flexibility index (Phi) is 6.81. The molecule has 2 atom stereocenters. The molecule has 7 heteroatoms. The van der Waals surface area contributed by atoms with Crippen molar-refractivity contribution in [1.29, 1.82) is 0 Å². The van der Waals surface area contributed by atoms with E-state index in [-0.39, 0.29) is 12.6 Å². The van der Waals surface area contributed by atoms with Crippen LogP contribution in [-0.4, -0.2) is 62.0 Å². The summed E-state index contributed by atoms with van der Waals surface area (Å²) in [6.07, 6.45) is 9.66. The van der Waals surface area contributed by atoms with E-state index in [1.807, 2.05) is 4.57 Å². The number of aryl methyl sites for hydroxylation is 1. The molecule has 0 spiro atoms. The standard InChI is InChI=1S/C26H32N6O/c33-14-11-26(20-5-2-1-3-6-20)32-13-12-27-17-23(32)8-4-7-21-16-28-25-10-9-22(15-24(21)25)31-18-29-30-19-31/h1-3,5-6,9-10,15-16,18-19,23,26-28,33H,4,7-8,11-14,17H2. The summed E-state index contributed by atoms with van der Waals surface area (Å²) in [5.74, 6) is 0. The smallest absolute Gasteiger partial charge is 0.123 e. The van der Waals surface area contributed by atoms with Gasteiger partial charge in [-0.1, -0.05) is 30.3 Å². The summed E-state index contributed by atoms with van der Waals surface area (Å²) in [4.78, 5) is 6.04. The van der Waals surface area contributed by atoms with Gasteiger partial charge in [-0.3, -0.25) is 9.47 Å². The van der Waals surface area contributed by atoms with Crippen LogP contribution in [0.4, 0.5) is 0 Å². The van der Waals surface area contributed by atoms with Crippen LogP contribution >= 0.6 is 0 Å². The Hall–Kier alpha value is -3.00. The maximum atomic E-state index is 9.75. The van der Waals surface area contributed by atoms with Gasteiger partial charge in [0.2, 0.25) is 0 Å². The Labute approximate surface area is 194 Å². The molecule has 2 aromatic heterocycles. The molecule has 5 rings (SSSR count). The van der Waals surface area contributed by atoms with E-state index in [0.717, 1.165) is 56.5 Å². The van der Waals surface area contributed by atoms with E-state index in [2.05, 4.69) is 80.1 Å². The third-order valence-corrected chi connectivity index (χ3v) is 6.83. The molecular weight excluding hydrogens is 412 g/mol. The number of aromatic nitrogens is 4. The highest BCUT2D eigenvalue weighted by atomic mass is 16.3. The van der Waals surface area contributed by atoms with E-state index >= 15 is 0 Å².